The van der Waals surface area contributed by atoms with Gasteiger partial charge in [-0.2, -0.15) is 10.0 Å². The van der Waals surface area contributed by atoms with E-state index in [1.165, 1.54) is 0 Å². The van der Waals surface area contributed by atoms with E-state index < -0.39 is 10.0 Å². The maximum atomic E-state index is 5.37. The molecule has 1 rings (SSSR count). The maximum Gasteiger partial charge on any atom is 0.192 e. The highest BCUT2D eigenvalue weighted by molar-refractivity contribution is 8.32. The summed E-state index contributed by atoms with van der Waals surface area (Å²) in [7, 11) is -0.711. The van der Waals surface area contributed by atoms with Crippen molar-refractivity contribution in [2.45, 2.75) is 12.0 Å². The fourth-order valence-electron chi connectivity index (χ4n) is 0.625. The number of nitrogens with zero attached hydrogens (tertiary/aromatic N) is 1. The van der Waals surface area contributed by atoms with Crippen LogP contribution in [0.5, 0.6) is 0 Å². The molecular weight excluding hydrogens is 146 g/mol. The van der Waals surface area contributed by atoms with Crippen LogP contribution in [-0.2, 0) is 0 Å². The summed E-state index contributed by atoms with van der Waals surface area (Å²) in [5.41, 5.74) is 0. The monoisotopic (exact) mass is 159 g/mol. The molecule has 0 spiro atoms. The summed E-state index contributed by atoms with van der Waals surface area (Å²) >= 11 is 0. The SMILES string of the molecule is Cc1ncc(S(C)(C)C)o1. The third-order valence-corrected chi connectivity index (χ3v) is 2.60. The third kappa shape index (κ3) is 1.53. The Morgan fingerprint density at radius 3 is 2.20 bits per heavy atom. The molecule has 0 aliphatic carbocycles. The molecule has 0 unspecified atom stereocenters. The zero-order valence-corrected chi connectivity index (χ0v) is 7.66. The van der Waals surface area contributed by atoms with E-state index in [1.54, 1.807) is 0 Å². The first kappa shape index (κ1) is 7.66. The van der Waals surface area contributed by atoms with Crippen LogP contribution >= 0.6 is 10.0 Å². The van der Waals surface area contributed by atoms with Gasteiger partial charge >= 0.3 is 0 Å². The molecule has 0 saturated carbocycles. The first-order valence-electron chi connectivity index (χ1n) is 3.11. The first-order valence-corrected chi connectivity index (χ1v) is 5.97. The molecule has 0 aliphatic rings. The second-order valence-electron chi connectivity index (χ2n) is 3.04. The number of aryl methyl sites for hydroxylation is 1. The third-order valence-electron chi connectivity index (χ3n) is 1.20. The lowest BCUT2D eigenvalue weighted by atomic mass is 10.8. The number of rotatable bonds is 1. The molecule has 0 amide bonds. The Morgan fingerprint density at radius 1 is 1.40 bits per heavy atom. The fourth-order valence-corrected chi connectivity index (χ4v) is 1.36. The topological polar surface area (TPSA) is 26.0 Å². The Hall–Kier alpha value is -0.440. The van der Waals surface area contributed by atoms with Crippen LogP contribution in [0.25, 0.3) is 0 Å². The highest BCUT2D eigenvalue weighted by Crippen LogP contribution is 2.44. The Kier molecular flexibility index (Phi) is 1.77. The van der Waals surface area contributed by atoms with E-state index in [1.807, 2.05) is 13.1 Å². The molecule has 0 N–H and O–H groups in total. The molecule has 2 nitrogen and oxygen atoms in total. The summed E-state index contributed by atoms with van der Waals surface area (Å²) < 4.78 is 5.37. The number of aromatic nitrogens is 1. The molecule has 58 valence electrons. The van der Waals surface area contributed by atoms with Gasteiger partial charge in [-0.1, -0.05) is 0 Å². The van der Waals surface area contributed by atoms with Gasteiger partial charge in [0.05, 0.1) is 6.20 Å². The van der Waals surface area contributed by atoms with Crippen molar-refractivity contribution in [1.82, 2.24) is 4.98 Å². The molecule has 1 aromatic rings. The van der Waals surface area contributed by atoms with Crippen molar-refractivity contribution < 1.29 is 4.42 Å². The molecule has 0 atom stereocenters. The van der Waals surface area contributed by atoms with Crippen molar-refractivity contribution in [1.29, 1.82) is 0 Å². The van der Waals surface area contributed by atoms with Crippen molar-refractivity contribution >= 4 is 10.0 Å². The van der Waals surface area contributed by atoms with Gasteiger partial charge in [-0.3, -0.25) is 0 Å². The molecular formula is C7H13NOS. The van der Waals surface area contributed by atoms with Gasteiger partial charge in [-0.25, -0.2) is 4.98 Å². The average Bonchev–Trinajstić information content (AvgIpc) is 2.11. The lowest BCUT2D eigenvalue weighted by molar-refractivity contribution is 0.439. The summed E-state index contributed by atoms with van der Waals surface area (Å²) in [6.45, 7) is 1.87. The highest BCUT2D eigenvalue weighted by Gasteiger charge is 2.11. The van der Waals surface area contributed by atoms with Gasteiger partial charge < -0.3 is 4.42 Å². The van der Waals surface area contributed by atoms with Crippen molar-refractivity contribution in [3.63, 3.8) is 0 Å². The van der Waals surface area contributed by atoms with Crippen molar-refractivity contribution in [3.8, 4) is 0 Å². The molecule has 0 aromatic carbocycles. The summed E-state index contributed by atoms with van der Waals surface area (Å²) in [6, 6.07) is 0. The lowest BCUT2D eigenvalue weighted by Gasteiger charge is -2.20. The van der Waals surface area contributed by atoms with E-state index in [9.17, 15) is 0 Å². The second kappa shape index (κ2) is 2.31. The Balaban J connectivity index is 2.96. The molecule has 1 heterocycles. The van der Waals surface area contributed by atoms with Gasteiger partial charge in [-0.15, -0.1) is 0 Å². The Morgan fingerprint density at radius 2 is 2.00 bits per heavy atom. The van der Waals surface area contributed by atoms with Gasteiger partial charge in [0.25, 0.3) is 0 Å². The number of hydrogen-bond donors (Lipinski definition) is 0. The predicted octanol–water partition coefficient (Wildman–Crippen LogP) is 2.04. The second-order valence-corrected chi connectivity index (χ2v) is 7.11. The van der Waals surface area contributed by atoms with E-state index in [4.69, 9.17) is 4.42 Å². The molecule has 0 radical (unpaired) electrons. The van der Waals surface area contributed by atoms with E-state index in [0.29, 0.717) is 0 Å². The minimum atomic E-state index is -0.711. The zero-order valence-electron chi connectivity index (χ0n) is 6.84. The molecule has 0 fully saturated rings. The molecule has 0 saturated heterocycles. The minimum absolute atomic E-state index is 0.711. The molecule has 1 aromatic heterocycles. The molecule has 10 heavy (non-hydrogen) atoms. The van der Waals surface area contributed by atoms with E-state index >= 15 is 0 Å². The van der Waals surface area contributed by atoms with Crippen molar-refractivity contribution in [3.05, 3.63) is 12.1 Å². The van der Waals surface area contributed by atoms with Crippen LogP contribution in [0.1, 0.15) is 5.89 Å². The molecule has 3 heteroatoms. The van der Waals surface area contributed by atoms with Crippen LogP contribution in [0, 0.1) is 6.92 Å². The van der Waals surface area contributed by atoms with Crippen LogP contribution in [0.4, 0.5) is 0 Å². The Labute approximate surface area is 63.0 Å². The lowest BCUT2D eigenvalue weighted by Crippen LogP contribution is -1.89. The van der Waals surface area contributed by atoms with E-state index in [2.05, 4.69) is 23.8 Å². The van der Waals surface area contributed by atoms with Crippen LogP contribution in [-0.4, -0.2) is 23.8 Å². The molecule has 0 bridgehead atoms. The van der Waals surface area contributed by atoms with Gasteiger partial charge in [0.1, 0.15) is 0 Å². The quantitative estimate of drug-likeness (QED) is 0.626. The van der Waals surface area contributed by atoms with Crippen LogP contribution in [0.15, 0.2) is 15.7 Å². The standard InChI is InChI=1S/C7H13NOS/c1-6-8-5-7(9-6)10(2,3)4/h5H,1-4H3. The normalized spacial score (nSPS) is 13.6. The average molecular weight is 159 g/mol. The fraction of sp³-hybridized carbons (Fsp3) is 0.571. The number of oxazole rings is 1. The largest absolute Gasteiger partial charge is 0.436 e. The summed E-state index contributed by atoms with van der Waals surface area (Å²) in [5, 5.41) is 1.03. The first-order chi connectivity index (χ1) is 4.50. The highest BCUT2D eigenvalue weighted by atomic mass is 32.3. The van der Waals surface area contributed by atoms with Crippen LogP contribution < -0.4 is 0 Å². The van der Waals surface area contributed by atoms with Gasteiger partial charge in [0.15, 0.2) is 11.0 Å². The van der Waals surface area contributed by atoms with E-state index in [-0.39, 0.29) is 0 Å². The van der Waals surface area contributed by atoms with Crippen molar-refractivity contribution in [2.24, 2.45) is 0 Å². The summed E-state index contributed by atoms with van der Waals surface area (Å²) in [4.78, 5) is 4.04. The molecule has 0 aliphatic heterocycles. The van der Waals surface area contributed by atoms with Gasteiger partial charge in [0, 0.05) is 6.92 Å². The Bertz CT molecular complexity index is 224. The van der Waals surface area contributed by atoms with Crippen LogP contribution in [0.2, 0.25) is 0 Å². The maximum absolute atomic E-state index is 5.37. The smallest absolute Gasteiger partial charge is 0.192 e. The van der Waals surface area contributed by atoms with Crippen molar-refractivity contribution in [2.75, 3.05) is 18.8 Å². The summed E-state index contributed by atoms with van der Waals surface area (Å²) in [6.07, 6.45) is 8.39. The minimum Gasteiger partial charge on any atom is -0.436 e. The van der Waals surface area contributed by atoms with E-state index in [0.717, 1.165) is 11.0 Å². The van der Waals surface area contributed by atoms with Gasteiger partial charge in [-0.05, 0) is 18.8 Å². The number of hydrogen-bond acceptors (Lipinski definition) is 2. The summed E-state index contributed by atoms with van der Waals surface area (Å²) in [5.74, 6) is 0.762. The van der Waals surface area contributed by atoms with Gasteiger partial charge in [0.2, 0.25) is 0 Å². The predicted molar refractivity (Wildman–Crippen MR) is 44.9 cm³/mol. The van der Waals surface area contributed by atoms with Crippen LogP contribution in [0.3, 0.4) is 0 Å². The zero-order chi connectivity index (χ0) is 7.78.